The minimum atomic E-state index is -0.506. The van der Waals surface area contributed by atoms with Crippen LogP contribution in [0.4, 0.5) is 0 Å². The maximum atomic E-state index is 12.5. The van der Waals surface area contributed by atoms with Gasteiger partial charge in [0.05, 0.1) is 12.2 Å². The highest BCUT2D eigenvalue weighted by Gasteiger charge is 2.27. The molecule has 0 N–H and O–H groups in total. The lowest BCUT2D eigenvalue weighted by molar-refractivity contribution is -0.144. The Bertz CT molecular complexity index is 911. The second kappa shape index (κ2) is 8.90. The number of fused-ring (bicyclic) bond motifs is 1. The van der Waals surface area contributed by atoms with E-state index in [-0.39, 0.29) is 24.8 Å². The monoisotopic (exact) mass is 380 g/mol. The number of esters is 1. The summed E-state index contributed by atoms with van der Waals surface area (Å²) in [7, 11) is 0. The number of benzene rings is 2. The molecule has 0 saturated carbocycles. The van der Waals surface area contributed by atoms with Crippen molar-refractivity contribution >= 4 is 17.8 Å². The molecule has 0 aromatic heterocycles. The van der Waals surface area contributed by atoms with Crippen LogP contribution >= 0.6 is 0 Å². The van der Waals surface area contributed by atoms with Gasteiger partial charge in [-0.25, -0.2) is 4.79 Å². The molecule has 3 rings (SSSR count). The predicted octanol–water partition coefficient (Wildman–Crippen LogP) is 3.81. The third kappa shape index (κ3) is 4.59. The van der Waals surface area contributed by atoms with Crippen LogP contribution in [0.25, 0.3) is 6.08 Å². The van der Waals surface area contributed by atoms with Crippen molar-refractivity contribution in [1.29, 1.82) is 0 Å². The first-order valence-electron chi connectivity index (χ1n) is 8.81. The zero-order chi connectivity index (χ0) is 19.9. The Morgan fingerprint density at radius 1 is 1.11 bits per heavy atom. The molecule has 1 aliphatic heterocycles. The number of allylic oxidation sites excluding steroid dienone is 1. The second-order valence-corrected chi connectivity index (χ2v) is 5.86. The summed E-state index contributed by atoms with van der Waals surface area (Å²) < 4.78 is 21.3. The lowest BCUT2D eigenvalue weighted by Gasteiger charge is -2.06. The van der Waals surface area contributed by atoms with Crippen LogP contribution < -0.4 is 14.2 Å². The topological polar surface area (TPSA) is 71.1 Å². The summed E-state index contributed by atoms with van der Waals surface area (Å²) >= 11 is 0. The Labute approximate surface area is 163 Å². The van der Waals surface area contributed by atoms with E-state index in [1.165, 1.54) is 6.08 Å². The van der Waals surface area contributed by atoms with Crippen molar-refractivity contribution in [2.75, 3.05) is 19.8 Å². The molecule has 1 heterocycles. The fraction of sp³-hybridized carbons (Fsp3) is 0.182. The number of Topliss-reactive ketones (excluding diaryl/α,β-unsaturated/α-hetero) is 1. The number of carbonyl (C=O) groups is 2. The molecule has 0 unspecified atom stereocenters. The minimum absolute atomic E-state index is 0.129. The van der Waals surface area contributed by atoms with E-state index in [4.69, 9.17) is 18.9 Å². The third-order valence-corrected chi connectivity index (χ3v) is 3.85. The number of rotatable bonds is 8. The predicted molar refractivity (Wildman–Crippen MR) is 104 cm³/mol. The summed E-state index contributed by atoms with van der Waals surface area (Å²) in [6, 6.07) is 12.2. The SMILES string of the molecule is C=CCOC(=O)COc1ccc2c(c1)O/C(=C\c1ccc(OCC)cc1)C2=O. The zero-order valence-electron chi connectivity index (χ0n) is 15.5. The van der Waals surface area contributed by atoms with Crippen LogP contribution in [0.15, 0.2) is 60.9 Å². The first kappa shape index (κ1) is 19.2. The standard InChI is InChI=1S/C22H20O6/c1-3-11-26-21(23)14-27-17-9-10-18-19(13-17)28-20(22(18)24)12-15-5-7-16(8-6-15)25-4-2/h3,5-10,12-13H,1,4,11,14H2,2H3/b20-12-. The number of hydrogen-bond acceptors (Lipinski definition) is 6. The number of hydrogen-bond donors (Lipinski definition) is 0. The highest BCUT2D eigenvalue weighted by Crippen LogP contribution is 2.35. The normalized spacial score (nSPS) is 13.6. The molecule has 0 aliphatic carbocycles. The average molecular weight is 380 g/mol. The summed E-state index contributed by atoms with van der Waals surface area (Å²) in [5.41, 5.74) is 1.26. The molecule has 0 amide bonds. The highest BCUT2D eigenvalue weighted by atomic mass is 16.6. The van der Waals surface area contributed by atoms with Crippen molar-refractivity contribution in [3.63, 3.8) is 0 Å². The summed E-state index contributed by atoms with van der Waals surface area (Å²) in [6.07, 6.45) is 3.15. The van der Waals surface area contributed by atoms with E-state index in [2.05, 4.69) is 6.58 Å². The first-order valence-corrected chi connectivity index (χ1v) is 8.81. The van der Waals surface area contributed by atoms with E-state index in [1.807, 2.05) is 31.2 Å². The molecule has 0 fully saturated rings. The smallest absolute Gasteiger partial charge is 0.344 e. The Morgan fingerprint density at radius 3 is 2.57 bits per heavy atom. The van der Waals surface area contributed by atoms with E-state index in [0.29, 0.717) is 23.7 Å². The van der Waals surface area contributed by atoms with Gasteiger partial charge in [0.25, 0.3) is 0 Å². The minimum Gasteiger partial charge on any atom is -0.494 e. The van der Waals surface area contributed by atoms with Crippen molar-refractivity contribution in [2.24, 2.45) is 0 Å². The fourth-order valence-electron chi connectivity index (χ4n) is 2.57. The lowest BCUT2D eigenvalue weighted by Crippen LogP contribution is -2.14. The zero-order valence-corrected chi connectivity index (χ0v) is 15.5. The summed E-state index contributed by atoms with van der Waals surface area (Å²) in [5, 5.41) is 0. The summed E-state index contributed by atoms with van der Waals surface area (Å²) in [4.78, 5) is 24.0. The van der Waals surface area contributed by atoms with Gasteiger partial charge in [0, 0.05) is 6.07 Å². The fourth-order valence-corrected chi connectivity index (χ4v) is 2.57. The molecule has 0 saturated heterocycles. The quantitative estimate of drug-likeness (QED) is 0.394. The van der Waals surface area contributed by atoms with Crippen LogP contribution in [0.2, 0.25) is 0 Å². The van der Waals surface area contributed by atoms with Gasteiger partial charge in [0.1, 0.15) is 23.9 Å². The van der Waals surface area contributed by atoms with E-state index < -0.39 is 5.97 Å². The molecule has 144 valence electrons. The summed E-state index contributed by atoms with van der Waals surface area (Å²) in [6.45, 7) is 5.86. The Balaban J connectivity index is 1.68. The van der Waals surface area contributed by atoms with E-state index >= 15 is 0 Å². The molecule has 28 heavy (non-hydrogen) atoms. The molecule has 6 heteroatoms. The van der Waals surface area contributed by atoms with Crippen LogP contribution in [0.5, 0.6) is 17.2 Å². The molecule has 2 aromatic rings. The molecular formula is C22H20O6. The summed E-state index contributed by atoms with van der Waals surface area (Å²) in [5.74, 6) is 1.07. The van der Waals surface area contributed by atoms with Gasteiger partial charge < -0.3 is 18.9 Å². The lowest BCUT2D eigenvalue weighted by atomic mass is 10.1. The molecule has 0 atom stereocenters. The van der Waals surface area contributed by atoms with Crippen LogP contribution in [-0.2, 0) is 9.53 Å². The van der Waals surface area contributed by atoms with Crippen LogP contribution in [0.1, 0.15) is 22.8 Å². The van der Waals surface area contributed by atoms with Gasteiger partial charge in [0.2, 0.25) is 5.78 Å². The molecule has 0 spiro atoms. The van der Waals surface area contributed by atoms with Gasteiger partial charge in [0.15, 0.2) is 12.4 Å². The Morgan fingerprint density at radius 2 is 1.86 bits per heavy atom. The van der Waals surface area contributed by atoms with Gasteiger partial charge in [-0.15, -0.1) is 0 Å². The van der Waals surface area contributed by atoms with Crippen molar-refractivity contribution in [3.05, 3.63) is 72.0 Å². The molecule has 1 aliphatic rings. The number of ether oxygens (including phenoxy) is 4. The molecular weight excluding hydrogens is 360 g/mol. The van der Waals surface area contributed by atoms with E-state index in [1.54, 1.807) is 24.3 Å². The maximum Gasteiger partial charge on any atom is 0.344 e. The highest BCUT2D eigenvalue weighted by molar-refractivity contribution is 6.14. The Kier molecular flexibility index (Phi) is 6.11. The van der Waals surface area contributed by atoms with Gasteiger partial charge in [-0.1, -0.05) is 24.8 Å². The van der Waals surface area contributed by atoms with E-state index in [9.17, 15) is 9.59 Å². The van der Waals surface area contributed by atoms with Crippen molar-refractivity contribution in [2.45, 2.75) is 6.92 Å². The van der Waals surface area contributed by atoms with Crippen molar-refractivity contribution < 1.29 is 28.5 Å². The largest absolute Gasteiger partial charge is 0.494 e. The average Bonchev–Trinajstić information content (AvgIpc) is 3.01. The van der Waals surface area contributed by atoms with Crippen LogP contribution in [-0.4, -0.2) is 31.6 Å². The van der Waals surface area contributed by atoms with Gasteiger partial charge in [-0.05, 0) is 42.8 Å². The maximum absolute atomic E-state index is 12.5. The molecule has 0 radical (unpaired) electrons. The molecule has 2 aromatic carbocycles. The number of ketones is 1. The molecule has 0 bridgehead atoms. The molecule has 6 nitrogen and oxygen atoms in total. The number of carbonyl (C=O) groups excluding carboxylic acids is 2. The van der Waals surface area contributed by atoms with Gasteiger partial charge >= 0.3 is 5.97 Å². The van der Waals surface area contributed by atoms with Crippen molar-refractivity contribution in [3.8, 4) is 17.2 Å². The third-order valence-electron chi connectivity index (χ3n) is 3.85. The van der Waals surface area contributed by atoms with Crippen LogP contribution in [0, 0.1) is 0 Å². The Hall–Kier alpha value is -3.54. The van der Waals surface area contributed by atoms with E-state index in [0.717, 1.165) is 11.3 Å². The van der Waals surface area contributed by atoms with Crippen molar-refractivity contribution in [1.82, 2.24) is 0 Å². The van der Waals surface area contributed by atoms with Gasteiger partial charge in [-0.3, -0.25) is 4.79 Å². The van der Waals surface area contributed by atoms with Gasteiger partial charge in [-0.2, -0.15) is 0 Å². The van der Waals surface area contributed by atoms with Crippen LogP contribution in [0.3, 0.4) is 0 Å². The second-order valence-electron chi connectivity index (χ2n) is 5.86. The first-order chi connectivity index (χ1) is 13.6.